The Bertz CT molecular complexity index is 853. The lowest BCUT2D eigenvalue weighted by Crippen LogP contribution is -2.49. The lowest BCUT2D eigenvalue weighted by molar-refractivity contribution is -0.125. The molecule has 2 amide bonds. The van der Waals surface area contributed by atoms with Crippen molar-refractivity contribution in [2.75, 3.05) is 5.75 Å². The Hall–Kier alpha value is -2.18. The van der Waals surface area contributed by atoms with Crippen LogP contribution in [0.1, 0.15) is 37.3 Å². The van der Waals surface area contributed by atoms with Crippen molar-refractivity contribution in [3.8, 4) is 0 Å². The van der Waals surface area contributed by atoms with Crippen LogP contribution in [-0.2, 0) is 16.1 Å². The second kappa shape index (κ2) is 9.09. The van der Waals surface area contributed by atoms with Gasteiger partial charge in [-0.05, 0) is 44.0 Å². The largest absolute Gasteiger partial charge is 0.444 e. The summed E-state index contributed by atoms with van der Waals surface area (Å²) in [5.41, 5.74) is 1.26. The quantitative estimate of drug-likeness (QED) is 0.737. The Balaban J connectivity index is 1.79. The summed E-state index contributed by atoms with van der Waals surface area (Å²) in [5.74, 6) is 0.302. The molecule has 2 aromatic rings. The minimum atomic E-state index is -0.653. The Morgan fingerprint density at radius 2 is 1.79 bits per heavy atom. The lowest BCUT2D eigenvalue weighted by Gasteiger charge is -2.31. The first-order valence-corrected chi connectivity index (χ1v) is 10.9. The van der Waals surface area contributed by atoms with Gasteiger partial charge < -0.3 is 10.1 Å². The molecule has 2 aromatic carbocycles. The molecule has 1 N–H and O–H groups in total. The molecule has 154 valence electrons. The van der Waals surface area contributed by atoms with Gasteiger partial charge in [0, 0.05) is 17.3 Å². The van der Waals surface area contributed by atoms with E-state index >= 15 is 0 Å². The van der Waals surface area contributed by atoms with E-state index in [2.05, 4.69) is 5.32 Å². The van der Waals surface area contributed by atoms with Crippen LogP contribution in [-0.4, -0.2) is 34.3 Å². The fraction of sp³-hybridized carbons (Fsp3) is 0.364. The molecule has 2 atom stereocenters. The summed E-state index contributed by atoms with van der Waals surface area (Å²) in [5, 5.41) is 3.26. The molecule has 0 bridgehead atoms. The molecule has 0 radical (unpaired) electrons. The van der Waals surface area contributed by atoms with Gasteiger partial charge >= 0.3 is 6.09 Å². The molecule has 0 saturated carbocycles. The Kier molecular flexibility index (Phi) is 6.75. The van der Waals surface area contributed by atoms with Crippen molar-refractivity contribution in [3.05, 3.63) is 70.7 Å². The van der Waals surface area contributed by atoms with Crippen LogP contribution < -0.4 is 5.32 Å². The normalized spacial score (nSPS) is 19.1. The number of carbonyl (C=O) groups excluding carboxylic acids is 2. The number of ether oxygens (including phenoxy) is 1. The van der Waals surface area contributed by atoms with E-state index in [-0.39, 0.29) is 11.3 Å². The van der Waals surface area contributed by atoms with Gasteiger partial charge in [0.25, 0.3) is 0 Å². The Labute approximate surface area is 180 Å². The molecule has 3 rings (SSSR count). The molecule has 1 fully saturated rings. The molecule has 1 aliphatic rings. The second-order valence-corrected chi connectivity index (χ2v) is 9.39. The first-order chi connectivity index (χ1) is 13.7. The minimum Gasteiger partial charge on any atom is -0.444 e. The molecule has 5 nitrogen and oxygen atoms in total. The van der Waals surface area contributed by atoms with Crippen molar-refractivity contribution in [3.63, 3.8) is 0 Å². The van der Waals surface area contributed by atoms with E-state index in [4.69, 9.17) is 16.3 Å². The summed E-state index contributed by atoms with van der Waals surface area (Å²) in [7, 11) is 0. The molecule has 0 unspecified atom stereocenters. The van der Waals surface area contributed by atoms with Gasteiger partial charge in [-0.2, -0.15) is 0 Å². The van der Waals surface area contributed by atoms with Crippen LogP contribution in [0.15, 0.2) is 54.6 Å². The molecule has 0 aromatic heterocycles. The van der Waals surface area contributed by atoms with Crippen LogP contribution in [0.25, 0.3) is 0 Å². The number of nitrogens with zero attached hydrogens (tertiary/aromatic N) is 1. The summed E-state index contributed by atoms with van der Waals surface area (Å²) >= 11 is 7.55. The topological polar surface area (TPSA) is 58.6 Å². The average Bonchev–Trinajstić information content (AvgIpc) is 3.11. The molecule has 29 heavy (non-hydrogen) atoms. The predicted octanol–water partition coefficient (Wildman–Crippen LogP) is 5.01. The van der Waals surface area contributed by atoms with Crippen molar-refractivity contribution in [1.29, 1.82) is 0 Å². The van der Waals surface area contributed by atoms with Crippen molar-refractivity contribution >= 4 is 35.4 Å². The highest BCUT2D eigenvalue weighted by atomic mass is 35.5. The highest BCUT2D eigenvalue weighted by molar-refractivity contribution is 7.99. The van der Waals surface area contributed by atoms with Crippen molar-refractivity contribution in [2.24, 2.45) is 0 Å². The third-order valence-corrected chi connectivity index (χ3v) is 5.95. The fourth-order valence-corrected chi connectivity index (χ4v) is 4.58. The van der Waals surface area contributed by atoms with Crippen LogP contribution in [0.3, 0.4) is 0 Å². The first-order valence-electron chi connectivity index (χ1n) is 9.44. The van der Waals surface area contributed by atoms with Crippen LogP contribution in [0, 0.1) is 0 Å². The summed E-state index contributed by atoms with van der Waals surface area (Å²) in [6, 6.07) is 16.4. The summed E-state index contributed by atoms with van der Waals surface area (Å²) in [6.07, 6.45) is -0.498. The van der Waals surface area contributed by atoms with Gasteiger partial charge in [0.15, 0.2) is 0 Å². The lowest BCUT2D eigenvalue weighted by atomic mass is 10.1. The van der Waals surface area contributed by atoms with Crippen LogP contribution in [0.5, 0.6) is 0 Å². The van der Waals surface area contributed by atoms with Gasteiger partial charge in [-0.25, -0.2) is 4.79 Å². The van der Waals surface area contributed by atoms with Gasteiger partial charge in [-0.1, -0.05) is 54.1 Å². The second-order valence-electron chi connectivity index (χ2n) is 7.84. The number of halogens is 1. The van der Waals surface area contributed by atoms with Gasteiger partial charge in [0.1, 0.15) is 17.0 Å². The SMILES string of the molecule is CC(C)(C)OC(=O)N1[C@@H](C(=O)NCc2ccccc2)CS[C@H]1c1ccc(Cl)cc1. The summed E-state index contributed by atoms with van der Waals surface area (Å²) in [4.78, 5) is 27.5. The summed E-state index contributed by atoms with van der Waals surface area (Å²) in [6.45, 7) is 5.86. The van der Waals surface area contributed by atoms with Gasteiger partial charge in [0.05, 0.1) is 0 Å². The van der Waals surface area contributed by atoms with E-state index in [9.17, 15) is 9.59 Å². The minimum absolute atomic E-state index is 0.191. The molecule has 1 saturated heterocycles. The third-order valence-electron chi connectivity index (χ3n) is 4.37. The fourth-order valence-electron chi connectivity index (χ4n) is 3.03. The van der Waals surface area contributed by atoms with E-state index in [1.165, 1.54) is 0 Å². The summed E-state index contributed by atoms with van der Waals surface area (Å²) < 4.78 is 5.61. The van der Waals surface area contributed by atoms with Gasteiger partial charge in [-0.3, -0.25) is 9.69 Å². The maximum absolute atomic E-state index is 13.0. The number of carbonyl (C=O) groups is 2. The Morgan fingerprint density at radius 1 is 1.14 bits per heavy atom. The molecular weight excluding hydrogens is 408 g/mol. The molecule has 7 heteroatoms. The Morgan fingerprint density at radius 3 is 2.41 bits per heavy atom. The van der Waals surface area contributed by atoms with Crippen molar-refractivity contribution < 1.29 is 14.3 Å². The number of rotatable bonds is 4. The van der Waals surface area contributed by atoms with E-state index in [0.717, 1.165) is 11.1 Å². The number of hydrogen-bond acceptors (Lipinski definition) is 4. The number of thioether (sulfide) groups is 1. The van der Waals surface area contributed by atoms with Gasteiger partial charge in [-0.15, -0.1) is 11.8 Å². The van der Waals surface area contributed by atoms with E-state index < -0.39 is 17.7 Å². The smallest absolute Gasteiger partial charge is 0.412 e. The number of benzene rings is 2. The van der Waals surface area contributed by atoms with E-state index in [1.54, 1.807) is 28.8 Å². The zero-order chi connectivity index (χ0) is 21.0. The number of amides is 2. The predicted molar refractivity (Wildman–Crippen MR) is 117 cm³/mol. The molecule has 1 heterocycles. The third kappa shape index (κ3) is 5.67. The monoisotopic (exact) mass is 432 g/mol. The standard InChI is InChI=1S/C22H25ClN2O3S/c1-22(2,3)28-21(27)25-18(19(26)24-13-15-7-5-4-6-8-15)14-29-20(25)16-9-11-17(23)12-10-16/h4-12,18,20H,13-14H2,1-3H3,(H,24,26)/t18-,20+/m1/s1. The zero-order valence-corrected chi connectivity index (χ0v) is 18.3. The van der Waals surface area contributed by atoms with Gasteiger partial charge in [0.2, 0.25) is 5.91 Å². The van der Waals surface area contributed by atoms with Crippen LogP contribution in [0.2, 0.25) is 5.02 Å². The number of nitrogens with one attached hydrogen (secondary N) is 1. The molecular formula is C22H25ClN2O3S. The average molecular weight is 433 g/mol. The van der Waals surface area contributed by atoms with Crippen molar-refractivity contribution in [2.45, 2.75) is 44.3 Å². The molecule has 0 aliphatic carbocycles. The highest BCUT2D eigenvalue weighted by Crippen LogP contribution is 2.42. The number of hydrogen-bond donors (Lipinski definition) is 1. The maximum Gasteiger partial charge on any atom is 0.412 e. The van der Waals surface area contributed by atoms with E-state index in [0.29, 0.717) is 17.3 Å². The highest BCUT2D eigenvalue weighted by Gasteiger charge is 2.44. The van der Waals surface area contributed by atoms with Crippen LogP contribution in [0.4, 0.5) is 4.79 Å². The maximum atomic E-state index is 13.0. The molecule has 0 spiro atoms. The van der Waals surface area contributed by atoms with E-state index in [1.807, 2.05) is 63.2 Å². The molecule has 1 aliphatic heterocycles. The van der Waals surface area contributed by atoms with Crippen LogP contribution >= 0.6 is 23.4 Å². The van der Waals surface area contributed by atoms with Crippen molar-refractivity contribution in [1.82, 2.24) is 10.2 Å². The zero-order valence-electron chi connectivity index (χ0n) is 16.7. The first kappa shape index (κ1) is 21.5.